The van der Waals surface area contributed by atoms with Gasteiger partial charge in [-0.15, -0.1) is 11.3 Å². The van der Waals surface area contributed by atoms with Crippen molar-refractivity contribution >= 4 is 17.4 Å². The van der Waals surface area contributed by atoms with Gasteiger partial charge in [-0.3, -0.25) is 0 Å². The van der Waals surface area contributed by atoms with Crippen LogP contribution in [0.2, 0.25) is 0 Å². The average Bonchev–Trinajstić information content (AvgIpc) is 2.87. The number of thiazole rings is 1. The zero-order chi connectivity index (χ0) is 15.2. The maximum Gasteiger partial charge on any atom is 0.317 e. The minimum atomic E-state index is 0.102. The highest BCUT2D eigenvalue weighted by Crippen LogP contribution is 2.20. The van der Waals surface area contributed by atoms with Crippen LogP contribution in [0.15, 0.2) is 0 Å². The predicted octanol–water partition coefficient (Wildman–Crippen LogP) is 3.53. The third kappa shape index (κ3) is 4.19. The number of carbonyl (C=O) groups excluding carboxylic acids is 1. The number of hydrogen-bond donors (Lipinski definition) is 1. The van der Waals surface area contributed by atoms with E-state index in [0.717, 1.165) is 43.7 Å². The first-order valence-corrected chi connectivity index (χ1v) is 8.97. The Morgan fingerprint density at radius 1 is 1.43 bits per heavy atom. The summed E-state index contributed by atoms with van der Waals surface area (Å²) in [5.74, 6) is 0. The van der Waals surface area contributed by atoms with Crippen LogP contribution in [0.4, 0.5) is 4.79 Å². The summed E-state index contributed by atoms with van der Waals surface area (Å²) < 4.78 is 0. The summed E-state index contributed by atoms with van der Waals surface area (Å²) in [5, 5.41) is 4.20. The van der Waals surface area contributed by atoms with E-state index >= 15 is 0 Å². The topological polar surface area (TPSA) is 45.2 Å². The number of nitrogens with zero attached hydrogens (tertiary/aromatic N) is 2. The maximum atomic E-state index is 12.3. The fraction of sp³-hybridized carbons (Fsp3) is 0.750. The van der Waals surface area contributed by atoms with Crippen molar-refractivity contribution in [3.8, 4) is 0 Å². The molecule has 1 aromatic heterocycles. The van der Waals surface area contributed by atoms with E-state index < -0.39 is 0 Å². The minimum absolute atomic E-state index is 0.102. The van der Waals surface area contributed by atoms with Gasteiger partial charge in [0, 0.05) is 30.4 Å². The molecule has 0 aromatic carbocycles. The number of piperidine rings is 1. The van der Waals surface area contributed by atoms with Gasteiger partial charge in [-0.25, -0.2) is 9.78 Å². The standard InChI is InChI=1S/C16H27N3OS/c1-4-13-8-6-7-11-19(13)16(20)17-10-9-15-18-14(5-2)12(3)21-15/h13H,4-11H2,1-3H3,(H,17,20). The largest absolute Gasteiger partial charge is 0.338 e. The van der Waals surface area contributed by atoms with Gasteiger partial charge < -0.3 is 10.2 Å². The lowest BCUT2D eigenvalue weighted by Crippen LogP contribution is -2.48. The fourth-order valence-electron chi connectivity index (χ4n) is 2.99. The van der Waals surface area contributed by atoms with Crippen LogP contribution in [-0.2, 0) is 12.8 Å². The molecule has 21 heavy (non-hydrogen) atoms. The molecule has 1 unspecified atom stereocenters. The summed E-state index contributed by atoms with van der Waals surface area (Å²) in [7, 11) is 0. The second kappa shape index (κ2) is 7.78. The molecule has 1 saturated heterocycles. The van der Waals surface area contributed by atoms with Crippen LogP contribution in [0, 0.1) is 6.92 Å². The smallest absolute Gasteiger partial charge is 0.317 e. The van der Waals surface area contributed by atoms with Crippen molar-refractivity contribution in [2.45, 2.75) is 65.3 Å². The molecule has 1 aliphatic heterocycles. The minimum Gasteiger partial charge on any atom is -0.338 e. The molecule has 0 bridgehead atoms. The van der Waals surface area contributed by atoms with Crippen LogP contribution < -0.4 is 5.32 Å². The maximum absolute atomic E-state index is 12.3. The number of urea groups is 1. The molecular weight excluding hydrogens is 282 g/mol. The zero-order valence-electron chi connectivity index (χ0n) is 13.4. The van der Waals surface area contributed by atoms with Crippen molar-refractivity contribution in [2.75, 3.05) is 13.1 Å². The lowest BCUT2D eigenvalue weighted by molar-refractivity contribution is 0.149. The summed E-state index contributed by atoms with van der Waals surface area (Å²) in [6.07, 6.45) is 6.41. The van der Waals surface area contributed by atoms with Crippen molar-refractivity contribution in [1.82, 2.24) is 15.2 Å². The van der Waals surface area contributed by atoms with E-state index in [1.165, 1.54) is 17.0 Å². The molecule has 1 aliphatic rings. The summed E-state index contributed by atoms with van der Waals surface area (Å²) >= 11 is 1.76. The number of amides is 2. The number of nitrogens with one attached hydrogen (secondary N) is 1. The van der Waals surface area contributed by atoms with E-state index in [9.17, 15) is 4.79 Å². The van der Waals surface area contributed by atoms with E-state index in [1.807, 2.05) is 4.90 Å². The monoisotopic (exact) mass is 309 g/mol. The lowest BCUT2D eigenvalue weighted by atomic mass is 10.0. The molecule has 2 rings (SSSR count). The molecule has 0 aliphatic carbocycles. The van der Waals surface area contributed by atoms with Crippen LogP contribution in [0.1, 0.15) is 55.1 Å². The highest BCUT2D eigenvalue weighted by atomic mass is 32.1. The number of rotatable bonds is 5. The quantitative estimate of drug-likeness (QED) is 0.904. The average molecular weight is 309 g/mol. The van der Waals surface area contributed by atoms with Crippen molar-refractivity contribution in [3.63, 3.8) is 0 Å². The third-order valence-corrected chi connectivity index (χ3v) is 5.32. The summed E-state index contributed by atoms with van der Waals surface area (Å²) in [4.78, 5) is 20.2. The Morgan fingerprint density at radius 2 is 2.24 bits per heavy atom. The van der Waals surface area contributed by atoms with Gasteiger partial charge in [0.2, 0.25) is 0 Å². The zero-order valence-corrected chi connectivity index (χ0v) is 14.3. The number of carbonyl (C=O) groups is 1. The van der Waals surface area contributed by atoms with Gasteiger partial charge in [-0.2, -0.15) is 0 Å². The van der Waals surface area contributed by atoms with Crippen molar-refractivity contribution in [1.29, 1.82) is 0 Å². The van der Waals surface area contributed by atoms with Gasteiger partial charge in [0.25, 0.3) is 0 Å². The lowest BCUT2D eigenvalue weighted by Gasteiger charge is -2.35. The first-order valence-electron chi connectivity index (χ1n) is 8.15. The van der Waals surface area contributed by atoms with E-state index in [1.54, 1.807) is 11.3 Å². The van der Waals surface area contributed by atoms with Crippen LogP contribution in [0.25, 0.3) is 0 Å². The van der Waals surface area contributed by atoms with Gasteiger partial charge in [-0.1, -0.05) is 13.8 Å². The second-order valence-electron chi connectivity index (χ2n) is 5.70. The van der Waals surface area contributed by atoms with Crippen molar-refractivity contribution in [3.05, 3.63) is 15.6 Å². The first-order chi connectivity index (χ1) is 10.2. The van der Waals surface area contributed by atoms with E-state index in [2.05, 4.69) is 31.1 Å². The normalized spacial score (nSPS) is 18.8. The van der Waals surface area contributed by atoms with E-state index in [-0.39, 0.29) is 6.03 Å². The van der Waals surface area contributed by atoms with E-state index in [4.69, 9.17) is 0 Å². The SMILES string of the molecule is CCc1nc(CCNC(=O)N2CCCCC2CC)sc1C. The molecule has 118 valence electrons. The Morgan fingerprint density at radius 3 is 2.90 bits per heavy atom. The summed E-state index contributed by atoms with van der Waals surface area (Å²) in [6, 6.07) is 0.526. The third-order valence-electron chi connectivity index (χ3n) is 4.25. The highest BCUT2D eigenvalue weighted by molar-refractivity contribution is 7.11. The van der Waals surface area contributed by atoms with Gasteiger partial charge >= 0.3 is 6.03 Å². The molecule has 4 nitrogen and oxygen atoms in total. The molecule has 1 atom stereocenters. The van der Waals surface area contributed by atoms with Crippen LogP contribution in [0.5, 0.6) is 0 Å². The highest BCUT2D eigenvalue weighted by Gasteiger charge is 2.24. The van der Waals surface area contributed by atoms with Crippen LogP contribution in [0.3, 0.4) is 0 Å². The summed E-state index contributed by atoms with van der Waals surface area (Å²) in [6.45, 7) is 8.01. The molecule has 1 fully saturated rings. The molecule has 1 N–H and O–H groups in total. The van der Waals surface area contributed by atoms with Crippen LogP contribution in [-0.4, -0.2) is 35.0 Å². The molecular formula is C16H27N3OS. The molecule has 0 radical (unpaired) electrons. The van der Waals surface area contributed by atoms with Crippen molar-refractivity contribution < 1.29 is 4.79 Å². The molecule has 0 spiro atoms. The number of hydrogen-bond acceptors (Lipinski definition) is 3. The number of likely N-dealkylation sites (tertiary alicyclic amines) is 1. The predicted molar refractivity (Wildman–Crippen MR) is 88.0 cm³/mol. The fourth-order valence-corrected chi connectivity index (χ4v) is 4.01. The first kappa shape index (κ1) is 16.3. The van der Waals surface area contributed by atoms with Gasteiger partial charge in [0.1, 0.15) is 0 Å². The van der Waals surface area contributed by atoms with Crippen LogP contribution >= 0.6 is 11.3 Å². The van der Waals surface area contributed by atoms with Gasteiger partial charge in [0.05, 0.1) is 10.7 Å². The van der Waals surface area contributed by atoms with E-state index in [0.29, 0.717) is 12.6 Å². The second-order valence-corrected chi connectivity index (χ2v) is 6.98. The Hall–Kier alpha value is -1.10. The molecule has 1 aromatic rings. The molecule has 0 saturated carbocycles. The Labute approximate surface area is 132 Å². The molecule has 2 heterocycles. The molecule has 5 heteroatoms. The number of aryl methyl sites for hydroxylation is 2. The Kier molecular flexibility index (Phi) is 6.03. The van der Waals surface area contributed by atoms with Crippen molar-refractivity contribution in [2.24, 2.45) is 0 Å². The number of aromatic nitrogens is 1. The Bertz CT molecular complexity index is 472. The Balaban J connectivity index is 1.80. The summed E-state index contributed by atoms with van der Waals surface area (Å²) in [5.41, 5.74) is 1.20. The van der Waals surface area contributed by atoms with Gasteiger partial charge in [0.15, 0.2) is 0 Å². The van der Waals surface area contributed by atoms with Gasteiger partial charge in [-0.05, 0) is 39.0 Å². The molecule has 2 amide bonds.